The number of allylic oxidation sites excluding steroid dienone is 3. The summed E-state index contributed by atoms with van der Waals surface area (Å²) in [7, 11) is 3.92. The molecule has 2 N–H and O–H groups in total. The minimum atomic E-state index is -1.05. The first-order chi connectivity index (χ1) is 25.2. The van der Waals surface area contributed by atoms with Crippen LogP contribution in [0.2, 0.25) is 0 Å². The van der Waals surface area contributed by atoms with Crippen molar-refractivity contribution in [2.45, 2.75) is 149 Å². The fourth-order valence-electron chi connectivity index (χ4n) is 9.25. The van der Waals surface area contributed by atoms with Crippen molar-refractivity contribution in [3.05, 3.63) is 23.8 Å². The van der Waals surface area contributed by atoms with Crippen LogP contribution in [0.4, 0.5) is 0 Å². The van der Waals surface area contributed by atoms with E-state index >= 15 is 0 Å². The van der Waals surface area contributed by atoms with E-state index in [2.05, 4.69) is 29.7 Å². The van der Waals surface area contributed by atoms with E-state index in [1.807, 2.05) is 59.7 Å². The molecule has 10 heteroatoms. The number of hydrogen-bond acceptors (Lipinski definition) is 10. The van der Waals surface area contributed by atoms with Crippen LogP contribution in [0.25, 0.3) is 0 Å². The molecule has 0 aromatic rings. The van der Waals surface area contributed by atoms with Gasteiger partial charge in [-0.3, -0.25) is 9.59 Å². The van der Waals surface area contributed by atoms with Gasteiger partial charge in [-0.05, 0) is 124 Å². The maximum Gasteiger partial charge on any atom is 0.308 e. The smallest absolute Gasteiger partial charge is 0.308 e. The molecule has 4 aliphatic heterocycles. The number of esters is 1. The molecule has 12 atom stereocenters. The molecule has 12 unspecified atom stereocenters. The third kappa shape index (κ3) is 12.7. The Hall–Kier alpha value is -1.66. The normalized spacial score (nSPS) is 40.1. The van der Waals surface area contributed by atoms with Gasteiger partial charge in [-0.15, -0.1) is 0 Å². The Labute approximate surface area is 321 Å². The maximum absolute atomic E-state index is 13.8. The predicted molar refractivity (Wildman–Crippen MR) is 210 cm³/mol. The van der Waals surface area contributed by atoms with Crippen LogP contribution < -0.4 is 0 Å². The standard InChI is InChI=1S/C43H75N3O7/c1-10-38-35(27-46-21-16-28(2)17-22-46)24-29(3)14-15-36(47)30(4)25-34(18-23-45-19-12-11-13-20-45)42(32(6)37(48)26-39(49)52-38)53-43-41(50)40(44(8)9)31(5)33(7)51-43/h14-15,24,28,30-35,37-38,40-43,48,50H,10-13,16-23,25-27H2,1-9H3/b15-14+,29-24+. The van der Waals surface area contributed by atoms with E-state index in [9.17, 15) is 19.8 Å². The molecule has 0 aromatic carbocycles. The number of hydrogen-bond donors (Lipinski definition) is 2. The van der Waals surface area contributed by atoms with Crippen molar-refractivity contribution in [1.29, 1.82) is 0 Å². The second kappa shape index (κ2) is 21.0. The average Bonchev–Trinajstić information content (AvgIpc) is 3.12. The lowest BCUT2D eigenvalue weighted by atomic mass is 9.79. The predicted octanol–water partition coefficient (Wildman–Crippen LogP) is 5.70. The number of aliphatic hydroxyl groups excluding tert-OH is 2. The van der Waals surface area contributed by atoms with Gasteiger partial charge in [0.25, 0.3) is 0 Å². The molecule has 0 aliphatic carbocycles. The summed E-state index contributed by atoms with van der Waals surface area (Å²) in [6.45, 7) is 20.1. The zero-order valence-electron chi connectivity index (χ0n) is 34.6. The molecule has 4 heterocycles. The van der Waals surface area contributed by atoms with Crippen LogP contribution in [0.3, 0.4) is 0 Å². The van der Waals surface area contributed by atoms with Crippen LogP contribution in [0.15, 0.2) is 23.8 Å². The number of aliphatic hydroxyl groups is 2. The van der Waals surface area contributed by atoms with E-state index in [0.29, 0.717) is 18.8 Å². The second-order valence-electron chi connectivity index (χ2n) is 17.6. The summed E-state index contributed by atoms with van der Waals surface area (Å²) in [5.74, 6) is -0.562. The van der Waals surface area contributed by atoms with Gasteiger partial charge in [-0.2, -0.15) is 0 Å². The molecule has 0 amide bonds. The van der Waals surface area contributed by atoms with Crippen molar-refractivity contribution < 1.29 is 34.0 Å². The number of cyclic esters (lactones) is 1. The Morgan fingerprint density at radius 1 is 0.925 bits per heavy atom. The van der Waals surface area contributed by atoms with Crippen molar-refractivity contribution in [1.82, 2.24) is 14.7 Å². The molecule has 0 bridgehead atoms. The minimum Gasteiger partial charge on any atom is -0.462 e. The van der Waals surface area contributed by atoms with Gasteiger partial charge in [0.1, 0.15) is 12.2 Å². The second-order valence-corrected chi connectivity index (χ2v) is 17.6. The Balaban J connectivity index is 1.67. The zero-order valence-corrected chi connectivity index (χ0v) is 34.6. The fraction of sp³-hybridized carbons (Fsp3) is 0.860. The highest BCUT2D eigenvalue weighted by molar-refractivity contribution is 5.91. The van der Waals surface area contributed by atoms with Crippen LogP contribution in [0.1, 0.15) is 106 Å². The largest absolute Gasteiger partial charge is 0.462 e. The molecule has 0 aromatic heterocycles. The first kappa shape index (κ1) is 44.1. The van der Waals surface area contributed by atoms with Crippen molar-refractivity contribution in [2.75, 3.05) is 53.4 Å². The van der Waals surface area contributed by atoms with Crippen LogP contribution in [-0.4, -0.2) is 133 Å². The zero-order chi connectivity index (χ0) is 38.8. The molecule has 0 saturated carbocycles. The van der Waals surface area contributed by atoms with Gasteiger partial charge >= 0.3 is 5.97 Å². The topological polar surface area (TPSA) is 112 Å². The molecule has 0 radical (unpaired) electrons. The molecule has 3 fully saturated rings. The summed E-state index contributed by atoms with van der Waals surface area (Å²) in [6.07, 6.45) is 9.47. The number of carbonyl (C=O) groups excluding carboxylic acids is 2. The number of likely N-dealkylation sites (N-methyl/N-ethyl adjacent to an activating group) is 1. The Morgan fingerprint density at radius 2 is 1.60 bits per heavy atom. The van der Waals surface area contributed by atoms with Gasteiger partial charge in [-0.25, -0.2) is 0 Å². The molecule has 304 valence electrons. The van der Waals surface area contributed by atoms with Crippen LogP contribution in [0, 0.1) is 35.5 Å². The van der Waals surface area contributed by atoms with Gasteiger partial charge in [0, 0.05) is 36.3 Å². The van der Waals surface area contributed by atoms with Crippen LogP contribution in [0.5, 0.6) is 0 Å². The lowest BCUT2D eigenvalue weighted by molar-refractivity contribution is -0.295. The lowest BCUT2D eigenvalue weighted by Crippen LogP contribution is -2.60. The lowest BCUT2D eigenvalue weighted by Gasteiger charge is -2.47. The average molecular weight is 746 g/mol. The Morgan fingerprint density at radius 3 is 2.25 bits per heavy atom. The van der Waals surface area contributed by atoms with Crippen LogP contribution in [-0.2, 0) is 23.8 Å². The molecule has 10 nitrogen and oxygen atoms in total. The highest BCUT2D eigenvalue weighted by Crippen LogP contribution is 2.36. The number of piperidine rings is 2. The number of ketones is 1. The first-order valence-corrected chi connectivity index (χ1v) is 21.1. The highest BCUT2D eigenvalue weighted by Gasteiger charge is 2.46. The van der Waals surface area contributed by atoms with Crippen molar-refractivity contribution in [3.63, 3.8) is 0 Å². The number of rotatable bonds is 9. The molecular formula is C43H75N3O7. The number of ether oxygens (including phenoxy) is 3. The third-order valence-corrected chi connectivity index (χ3v) is 13.0. The monoisotopic (exact) mass is 746 g/mol. The van der Waals surface area contributed by atoms with Gasteiger partial charge in [0.15, 0.2) is 12.1 Å². The number of carbonyl (C=O) groups is 2. The SMILES string of the molecule is CCC1OC(=O)CC(O)C(C)C(OC2OC(C)C(C)C(N(C)C)C2O)C(CCN2CCCCC2)CC(C)C(=O)/C=C/C(C)=C/C1CN1CCC(C)CC1. The minimum absolute atomic E-state index is 0.0498. The van der Waals surface area contributed by atoms with Gasteiger partial charge < -0.3 is 39.1 Å². The van der Waals surface area contributed by atoms with Gasteiger partial charge in [0.2, 0.25) is 0 Å². The maximum atomic E-state index is 13.8. The summed E-state index contributed by atoms with van der Waals surface area (Å²) >= 11 is 0. The quantitative estimate of drug-likeness (QED) is 0.285. The van der Waals surface area contributed by atoms with E-state index in [0.717, 1.165) is 64.1 Å². The number of likely N-dealkylation sites (tertiary alicyclic amines) is 2. The van der Waals surface area contributed by atoms with E-state index in [-0.39, 0.29) is 54.1 Å². The van der Waals surface area contributed by atoms with Crippen molar-refractivity contribution >= 4 is 11.8 Å². The summed E-state index contributed by atoms with van der Waals surface area (Å²) in [6, 6.07) is -0.189. The van der Waals surface area contributed by atoms with Gasteiger partial charge in [0.05, 0.1) is 24.7 Å². The van der Waals surface area contributed by atoms with E-state index < -0.39 is 36.5 Å². The van der Waals surface area contributed by atoms with E-state index in [1.54, 1.807) is 6.08 Å². The summed E-state index contributed by atoms with van der Waals surface area (Å²) in [5.41, 5.74) is 0.973. The summed E-state index contributed by atoms with van der Waals surface area (Å²) in [5, 5.41) is 23.6. The fourth-order valence-corrected chi connectivity index (χ4v) is 9.25. The van der Waals surface area contributed by atoms with Crippen molar-refractivity contribution in [2.24, 2.45) is 35.5 Å². The Bertz CT molecular complexity index is 1200. The molecule has 3 saturated heterocycles. The highest BCUT2D eigenvalue weighted by atomic mass is 16.7. The van der Waals surface area contributed by atoms with Gasteiger partial charge in [-0.1, -0.05) is 58.8 Å². The number of nitrogens with zero attached hydrogens (tertiary/aromatic N) is 3. The van der Waals surface area contributed by atoms with Crippen LogP contribution >= 0.6 is 0 Å². The molecule has 4 aliphatic rings. The molecule has 4 rings (SSSR count). The van der Waals surface area contributed by atoms with E-state index in [1.165, 1.54) is 19.3 Å². The summed E-state index contributed by atoms with van der Waals surface area (Å²) in [4.78, 5) is 34.5. The molecular weight excluding hydrogens is 670 g/mol. The summed E-state index contributed by atoms with van der Waals surface area (Å²) < 4.78 is 19.5. The third-order valence-electron chi connectivity index (χ3n) is 13.0. The van der Waals surface area contributed by atoms with E-state index in [4.69, 9.17) is 14.2 Å². The van der Waals surface area contributed by atoms with Crippen molar-refractivity contribution in [3.8, 4) is 0 Å². The molecule has 0 spiro atoms. The first-order valence-electron chi connectivity index (χ1n) is 21.1. The molecule has 53 heavy (non-hydrogen) atoms. The Kier molecular flexibility index (Phi) is 17.5.